The maximum Gasteiger partial charge on any atom is 0.250 e. The van der Waals surface area contributed by atoms with E-state index < -0.39 is 0 Å². The topological polar surface area (TPSA) is 43.3 Å². The third-order valence-corrected chi connectivity index (χ3v) is 3.04. The molecule has 0 spiro atoms. The first kappa shape index (κ1) is 12.2. The maximum atomic E-state index is 11.6. The minimum Gasteiger partial charge on any atom is -0.381 e. The van der Waals surface area contributed by atoms with Crippen LogP contribution in [0.3, 0.4) is 0 Å². The molecule has 0 saturated carbocycles. The Kier molecular flexibility index (Phi) is 4.20. The van der Waals surface area contributed by atoms with Crippen molar-refractivity contribution in [2.24, 2.45) is 0 Å². The minimum atomic E-state index is 0.0735. The molecule has 2 rings (SSSR count). The summed E-state index contributed by atoms with van der Waals surface area (Å²) in [5.41, 5.74) is 1.11. The van der Waals surface area contributed by atoms with E-state index in [1.54, 1.807) is 10.6 Å². The molecular formula is C13H20N2O2. The number of hydrogen-bond donors (Lipinski definition) is 1. The van der Waals surface area contributed by atoms with Gasteiger partial charge in [0.2, 0.25) is 0 Å². The minimum absolute atomic E-state index is 0.0735. The number of aryl methyl sites for hydroxylation is 1. The summed E-state index contributed by atoms with van der Waals surface area (Å²) in [6.45, 7) is 4.51. The van der Waals surface area contributed by atoms with Gasteiger partial charge in [0.15, 0.2) is 0 Å². The van der Waals surface area contributed by atoms with E-state index in [9.17, 15) is 4.79 Å². The molecule has 4 heteroatoms. The highest BCUT2D eigenvalue weighted by atomic mass is 16.5. The first-order valence-electron chi connectivity index (χ1n) is 6.34. The predicted octanol–water partition coefficient (Wildman–Crippen LogP) is 1.85. The Hall–Kier alpha value is -1.29. The second kappa shape index (κ2) is 5.87. The molecular weight excluding hydrogens is 216 g/mol. The standard InChI is InChI=1S/C13H20N2O2/c1-2-7-15-10-12(3-4-13(15)16)14-11-5-8-17-9-6-11/h3-4,10-11,14H,2,5-9H2,1H3. The fourth-order valence-corrected chi connectivity index (χ4v) is 2.11. The molecule has 1 N–H and O–H groups in total. The van der Waals surface area contributed by atoms with Gasteiger partial charge in [-0.1, -0.05) is 6.92 Å². The third kappa shape index (κ3) is 3.33. The molecule has 2 heterocycles. The van der Waals surface area contributed by atoms with Gasteiger partial charge >= 0.3 is 0 Å². The molecule has 0 bridgehead atoms. The monoisotopic (exact) mass is 236 g/mol. The lowest BCUT2D eigenvalue weighted by Crippen LogP contribution is -2.28. The Bertz CT molecular complexity index is 408. The third-order valence-electron chi connectivity index (χ3n) is 3.04. The van der Waals surface area contributed by atoms with Crippen molar-refractivity contribution in [1.29, 1.82) is 0 Å². The molecule has 0 atom stereocenters. The van der Waals surface area contributed by atoms with Gasteiger partial charge in [-0.25, -0.2) is 0 Å². The Morgan fingerprint density at radius 1 is 1.41 bits per heavy atom. The second-order valence-corrected chi connectivity index (χ2v) is 4.48. The van der Waals surface area contributed by atoms with Gasteiger partial charge < -0.3 is 14.6 Å². The average molecular weight is 236 g/mol. The lowest BCUT2D eigenvalue weighted by atomic mass is 10.1. The van der Waals surface area contributed by atoms with E-state index in [0.29, 0.717) is 6.04 Å². The lowest BCUT2D eigenvalue weighted by Gasteiger charge is -2.24. The van der Waals surface area contributed by atoms with Crippen molar-refractivity contribution >= 4 is 5.69 Å². The van der Waals surface area contributed by atoms with Gasteiger partial charge in [-0.3, -0.25) is 4.79 Å². The number of aromatic nitrogens is 1. The first-order valence-corrected chi connectivity index (χ1v) is 6.34. The summed E-state index contributed by atoms with van der Waals surface area (Å²) in [7, 11) is 0. The number of hydrogen-bond acceptors (Lipinski definition) is 3. The van der Waals surface area contributed by atoms with Crippen LogP contribution >= 0.6 is 0 Å². The van der Waals surface area contributed by atoms with Crippen LogP contribution in [-0.2, 0) is 11.3 Å². The number of anilines is 1. The SMILES string of the molecule is CCCn1cc(NC2CCOCC2)ccc1=O. The summed E-state index contributed by atoms with van der Waals surface area (Å²) in [5, 5.41) is 3.47. The summed E-state index contributed by atoms with van der Waals surface area (Å²) in [5.74, 6) is 0. The van der Waals surface area contributed by atoms with Crippen molar-refractivity contribution in [1.82, 2.24) is 4.57 Å². The van der Waals surface area contributed by atoms with E-state index in [-0.39, 0.29) is 5.56 Å². The van der Waals surface area contributed by atoms with E-state index in [1.807, 2.05) is 12.3 Å². The largest absolute Gasteiger partial charge is 0.381 e. The van der Waals surface area contributed by atoms with Gasteiger partial charge in [-0.05, 0) is 25.3 Å². The van der Waals surface area contributed by atoms with Crippen LogP contribution < -0.4 is 10.9 Å². The van der Waals surface area contributed by atoms with Crippen LogP contribution in [0, 0.1) is 0 Å². The highest BCUT2D eigenvalue weighted by Crippen LogP contribution is 2.13. The van der Waals surface area contributed by atoms with Crippen LogP contribution in [0.4, 0.5) is 5.69 Å². The van der Waals surface area contributed by atoms with E-state index in [4.69, 9.17) is 4.74 Å². The van der Waals surface area contributed by atoms with Gasteiger partial charge in [0, 0.05) is 38.1 Å². The van der Waals surface area contributed by atoms with E-state index in [0.717, 1.165) is 44.7 Å². The Balaban J connectivity index is 2.04. The zero-order valence-electron chi connectivity index (χ0n) is 10.3. The van der Waals surface area contributed by atoms with Gasteiger partial charge in [-0.2, -0.15) is 0 Å². The molecule has 0 unspecified atom stereocenters. The van der Waals surface area contributed by atoms with Crippen molar-refractivity contribution in [3.8, 4) is 0 Å². The molecule has 0 aliphatic carbocycles. The molecule has 1 fully saturated rings. The average Bonchev–Trinajstić information content (AvgIpc) is 2.35. The highest BCUT2D eigenvalue weighted by molar-refractivity contribution is 5.41. The van der Waals surface area contributed by atoms with E-state index in [1.165, 1.54) is 0 Å². The van der Waals surface area contributed by atoms with Crippen LogP contribution in [0.5, 0.6) is 0 Å². The van der Waals surface area contributed by atoms with Crippen LogP contribution in [0.25, 0.3) is 0 Å². The van der Waals surface area contributed by atoms with Crippen molar-refractivity contribution in [2.75, 3.05) is 18.5 Å². The molecule has 1 aromatic heterocycles. The molecule has 94 valence electrons. The number of pyridine rings is 1. The second-order valence-electron chi connectivity index (χ2n) is 4.48. The van der Waals surface area contributed by atoms with Crippen LogP contribution in [0.15, 0.2) is 23.1 Å². The number of nitrogens with one attached hydrogen (secondary N) is 1. The van der Waals surface area contributed by atoms with Crippen LogP contribution in [0.2, 0.25) is 0 Å². The molecule has 0 radical (unpaired) electrons. The quantitative estimate of drug-likeness (QED) is 0.867. The summed E-state index contributed by atoms with van der Waals surface area (Å²) in [4.78, 5) is 11.6. The fourth-order valence-electron chi connectivity index (χ4n) is 2.11. The van der Waals surface area contributed by atoms with Gasteiger partial charge in [0.05, 0.1) is 5.69 Å². The smallest absolute Gasteiger partial charge is 0.250 e. The molecule has 17 heavy (non-hydrogen) atoms. The number of rotatable bonds is 4. The summed E-state index contributed by atoms with van der Waals surface area (Å²) in [6.07, 6.45) is 4.96. The Morgan fingerprint density at radius 2 is 2.18 bits per heavy atom. The summed E-state index contributed by atoms with van der Waals surface area (Å²) < 4.78 is 7.09. The maximum absolute atomic E-state index is 11.6. The van der Waals surface area contributed by atoms with Crippen LogP contribution in [0.1, 0.15) is 26.2 Å². The zero-order valence-corrected chi connectivity index (χ0v) is 10.3. The van der Waals surface area contributed by atoms with Crippen molar-refractivity contribution < 1.29 is 4.74 Å². The predicted molar refractivity (Wildman–Crippen MR) is 68.5 cm³/mol. The zero-order chi connectivity index (χ0) is 12.1. The van der Waals surface area contributed by atoms with Gasteiger partial charge in [0.1, 0.15) is 0 Å². The van der Waals surface area contributed by atoms with Crippen molar-refractivity contribution in [3.05, 3.63) is 28.7 Å². The molecule has 1 aromatic rings. The molecule has 1 aliphatic heterocycles. The molecule has 1 aliphatic rings. The van der Waals surface area contributed by atoms with Crippen LogP contribution in [-0.4, -0.2) is 23.8 Å². The number of nitrogens with zero attached hydrogens (tertiary/aromatic N) is 1. The Labute approximate surface area is 102 Å². The van der Waals surface area contributed by atoms with Gasteiger partial charge in [-0.15, -0.1) is 0 Å². The first-order chi connectivity index (χ1) is 8.29. The lowest BCUT2D eigenvalue weighted by molar-refractivity contribution is 0.0904. The van der Waals surface area contributed by atoms with Gasteiger partial charge in [0.25, 0.3) is 5.56 Å². The summed E-state index contributed by atoms with van der Waals surface area (Å²) >= 11 is 0. The van der Waals surface area contributed by atoms with E-state index in [2.05, 4.69) is 12.2 Å². The highest BCUT2D eigenvalue weighted by Gasteiger charge is 2.13. The van der Waals surface area contributed by atoms with Crippen molar-refractivity contribution in [2.45, 2.75) is 38.8 Å². The molecule has 0 aromatic carbocycles. The normalized spacial score (nSPS) is 17.0. The number of ether oxygens (including phenoxy) is 1. The fraction of sp³-hybridized carbons (Fsp3) is 0.615. The van der Waals surface area contributed by atoms with E-state index >= 15 is 0 Å². The molecule has 0 amide bonds. The molecule has 1 saturated heterocycles. The molecule has 4 nitrogen and oxygen atoms in total. The Morgan fingerprint density at radius 3 is 2.88 bits per heavy atom. The van der Waals surface area contributed by atoms with Crippen molar-refractivity contribution in [3.63, 3.8) is 0 Å². The summed E-state index contributed by atoms with van der Waals surface area (Å²) in [6, 6.07) is 3.97.